The molecule has 1 aromatic carbocycles. The van der Waals surface area contributed by atoms with Crippen LogP contribution >= 0.6 is 0 Å². The molecule has 0 saturated carbocycles. The van der Waals surface area contributed by atoms with E-state index < -0.39 is 0 Å². The number of hydrogen-bond donors (Lipinski definition) is 1. The van der Waals surface area contributed by atoms with Crippen molar-refractivity contribution < 1.29 is 9.47 Å². The Morgan fingerprint density at radius 2 is 1.94 bits per heavy atom. The van der Waals surface area contributed by atoms with Crippen LogP contribution in [-0.2, 0) is 6.42 Å². The fraction of sp³-hybridized carbons (Fsp3) is 0.571. The summed E-state index contributed by atoms with van der Waals surface area (Å²) >= 11 is 0. The molecule has 1 atom stereocenters. The Morgan fingerprint density at radius 1 is 1.24 bits per heavy atom. The molecule has 3 heteroatoms. The second kappa shape index (κ2) is 6.50. The van der Waals surface area contributed by atoms with E-state index in [1.165, 1.54) is 0 Å². The number of rotatable bonds is 6. The van der Waals surface area contributed by atoms with Gasteiger partial charge in [0.05, 0.1) is 13.7 Å². The van der Waals surface area contributed by atoms with Gasteiger partial charge in [0.25, 0.3) is 0 Å². The average Bonchev–Trinajstić information content (AvgIpc) is 2.26. The molecule has 0 aliphatic rings. The fourth-order valence-electron chi connectivity index (χ4n) is 1.59. The minimum Gasteiger partial charge on any atom is -0.497 e. The van der Waals surface area contributed by atoms with Gasteiger partial charge in [0.1, 0.15) is 11.5 Å². The van der Waals surface area contributed by atoms with Gasteiger partial charge in [-0.3, -0.25) is 0 Å². The van der Waals surface area contributed by atoms with Gasteiger partial charge in [-0.05, 0) is 43.0 Å². The third kappa shape index (κ3) is 4.65. The second-order valence-corrected chi connectivity index (χ2v) is 4.86. The summed E-state index contributed by atoms with van der Waals surface area (Å²) in [6.07, 6.45) is 0.796. The summed E-state index contributed by atoms with van der Waals surface area (Å²) in [4.78, 5) is 0. The van der Waals surface area contributed by atoms with Gasteiger partial charge in [0.15, 0.2) is 0 Å². The minimum absolute atomic E-state index is 0.114. The highest BCUT2D eigenvalue weighted by Crippen LogP contribution is 2.25. The van der Waals surface area contributed by atoms with Crippen molar-refractivity contribution in [2.24, 2.45) is 11.7 Å². The van der Waals surface area contributed by atoms with Crippen LogP contribution in [0.3, 0.4) is 0 Å². The highest BCUT2D eigenvalue weighted by molar-refractivity contribution is 5.40. The third-order valence-corrected chi connectivity index (χ3v) is 2.38. The summed E-state index contributed by atoms with van der Waals surface area (Å²) in [6.45, 7) is 6.98. The van der Waals surface area contributed by atoms with E-state index >= 15 is 0 Å². The molecule has 3 nitrogen and oxygen atoms in total. The molecule has 0 aromatic heterocycles. The van der Waals surface area contributed by atoms with E-state index in [4.69, 9.17) is 15.2 Å². The highest BCUT2D eigenvalue weighted by atomic mass is 16.5. The van der Waals surface area contributed by atoms with Crippen LogP contribution < -0.4 is 15.2 Å². The highest BCUT2D eigenvalue weighted by Gasteiger charge is 2.08. The van der Waals surface area contributed by atoms with Crippen molar-refractivity contribution in [2.45, 2.75) is 33.2 Å². The van der Waals surface area contributed by atoms with Crippen LogP contribution in [0, 0.1) is 5.92 Å². The molecule has 1 rings (SSSR count). The standard InChI is InChI=1S/C14H23NO2/c1-10(2)9-17-14-6-5-13(16-4)8-12(14)7-11(3)15/h5-6,8,10-11H,7,9,15H2,1-4H3. The van der Waals surface area contributed by atoms with E-state index in [0.29, 0.717) is 5.92 Å². The topological polar surface area (TPSA) is 44.5 Å². The van der Waals surface area contributed by atoms with Crippen molar-refractivity contribution in [1.82, 2.24) is 0 Å². The summed E-state index contributed by atoms with van der Waals surface area (Å²) in [6, 6.07) is 5.99. The van der Waals surface area contributed by atoms with Crippen molar-refractivity contribution in [1.29, 1.82) is 0 Å². The van der Waals surface area contributed by atoms with Crippen molar-refractivity contribution >= 4 is 0 Å². The fourth-order valence-corrected chi connectivity index (χ4v) is 1.59. The average molecular weight is 237 g/mol. The molecule has 96 valence electrons. The molecule has 17 heavy (non-hydrogen) atoms. The first-order valence-electron chi connectivity index (χ1n) is 6.08. The zero-order chi connectivity index (χ0) is 12.8. The van der Waals surface area contributed by atoms with Gasteiger partial charge in [0.2, 0.25) is 0 Å². The Bertz CT molecular complexity index is 348. The van der Waals surface area contributed by atoms with Crippen LogP contribution in [0.15, 0.2) is 18.2 Å². The summed E-state index contributed by atoms with van der Waals surface area (Å²) < 4.78 is 11.0. The van der Waals surface area contributed by atoms with Gasteiger partial charge < -0.3 is 15.2 Å². The Kier molecular flexibility index (Phi) is 5.29. The number of methoxy groups -OCH3 is 1. The van der Waals surface area contributed by atoms with E-state index in [0.717, 1.165) is 30.1 Å². The lowest BCUT2D eigenvalue weighted by molar-refractivity contribution is 0.267. The van der Waals surface area contributed by atoms with Gasteiger partial charge in [-0.25, -0.2) is 0 Å². The molecule has 0 bridgehead atoms. The molecule has 0 radical (unpaired) electrons. The monoisotopic (exact) mass is 237 g/mol. The third-order valence-electron chi connectivity index (χ3n) is 2.38. The number of benzene rings is 1. The maximum atomic E-state index is 5.84. The van der Waals surface area contributed by atoms with Crippen molar-refractivity contribution in [3.05, 3.63) is 23.8 Å². The largest absolute Gasteiger partial charge is 0.497 e. The normalized spacial score (nSPS) is 12.6. The number of hydrogen-bond acceptors (Lipinski definition) is 3. The predicted molar refractivity (Wildman–Crippen MR) is 70.7 cm³/mol. The van der Waals surface area contributed by atoms with E-state index in [1.807, 2.05) is 25.1 Å². The SMILES string of the molecule is COc1ccc(OCC(C)C)c(CC(C)N)c1. The summed E-state index contributed by atoms with van der Waals surface area (Å²) in [5.74, 6) is 2.27. The second-order valence-electron chi connectivity index (χ2n) is 4.86. The lowest BCUT2D eigenvalue weighted by atomic mass is 10.1. The van der Waals surface area contributed by atoms with Crippen molar-refractivity contribution in [3.8, 4) is 11.5 Å². The quantitative estimate of drug-likeness (QED) is 0.827. The Morgan fingerprint density at radius 3 is 2.47 bits per heavy atom. The summed E-state index contributed by atoms with van der Waals surface area (Å²) in [5, 5.41) is 0. The van der Waals surface area contributed by atoms with Crippen LogP contribution in [0.25, 0.3) is 0 Å². The molecule has 0 saturated heterocycles. The molecular formula is C14H23NO2. The Hall–Kier alpha value is -1.22. The first kappa shape index (κ1) is 13.8. The lowest BCUT2D eigenvalue weighted by Crippen LogP contribution is -2.18. The van der Waals surface area contributed by atoms with E-state index in [2.05, 4.69) is 13.8 Å². The first-order chi connectivity index (χ1) is 8.02. The maximum absolute atomic E-state index is 5.84. The van der Waals surface area contributed by atoms with Crippen LogP contribution in [0.5, 0.6) is 11.5 Å². The van der Waals surface area contributed by atoms with Gasteiger partial charge in [-0.2, -0.15) is 0 Å². The van der Waals surface area contributed by atoms with Crippen LogP contribution in [0.4, 0.5) is 0 Å². The first-order valence-corrected chi connectivity index (χ1v) is 6.08. The van der Waals surface area contributed by atoms with Gasteiger partial charge in [-0.1, -0.05) is 13.8 Å². The van der Waals surface area contributed by atoms with Gasteiger partial charge in [-0.15, -0.1) is 0 Å². The van der Waals surface area contributed by atoms with Crippen LogP contribution in [0.1, 0.15) is 26.3 Å². The van der Waals surface area contributed by atoms with E-state index in [1.54, 1.807) is 7.11 Å². The molecule has 0 aliphatic heterocycles. The van der Waals surface area contributed by atoms with E-state index in [9.17, 15) is 0 Å². The molecule has 1 unspecified atom stereocenters. The zero-order valence-corrected chi connectivity index (χ0v) is 11.2. The molecule has 2 N–H and O–H groups in total. The van der Waals surface area contributed by atoms with E-state index in [-0.39, 0.29) is 6.04 Å². The lowest BCUT2D eigenvalue weighted by Gasteiger charge is -2.15. The minimum atomic E-state index is 0.114. The zero-order valence-electron chi connectivity index (χ0n) is 11.2. The molecular weight excluding hydrogens is 214 g/mol. The Balaban J connectivity index is 2.85. The van der Waals surface area contributed by atoms with Crippen LogP contribution in [0.2, 0.25) is 0 Å². The molecule has 0 aliphatic carbocycles. The molecule has 0 fully saturated rings. The summed E-state index contributed by atoms with van der Waals surface area (Å²) in [7, 11) is 1.67. The van der Waals surface area contributed by atoms with Crippen LogP contribution in [-0.4, -0.2) is 19.8 Å². The molecule has 0 heterocycles. The van der Waals surface area contributed by atoms with Crippen molar-refractivity contribution in [2.75, 3.05) is 13.7 Å². The van der Waals surface area contributed by atoms with Gasteiger partial charge >= 0.3 is 0 Å². The predicted octanol–water partition coefficient (Wildman–Crippen LogP) is 2.62. The van der Waals surface area contributed by atoms with Gasteiger partial charge in [0, 0.05) is 6.04 Å². The molecule has 0 amide bonds. The number of nitrogens with two attached hydrogens (primary N) is 1. The molecule has 1 aromatic rings. The smallest absolute Gasteiger partial charge is 0.122 e. The molecule has 0 spiro atoms. The maximum Gasteiger partial charge on any atom is 0.122 e. The van der Waals surface area contributed by atoms with Crippen molar-refractivity contribution in [3.63, 3.8) is 0 Å². The summed E-state index contributed by atoms with van der Waals surface area (Å²) in [5.41, 5.74) is 6.96. The Labute approximate surface area is 104 Å². The number of ether oxygens (including phenoxy) is 2.